The molecule has 0 aromatic rings. The van der Waals surface area contributed by atoms with Crippen LogP contribution >= 0.6 is 0 Å². The van der Waals surface area contributed by atoms with Gasteiger partial charge in [-0.3, -0.25) is 52.7 Å². The predicted octanol–water partition coefficient (Wildman–Crippen LogP) is -6.12. The summed E-state index contributed by atoms with van der Waals surface area (Å²) in [5, 5.41) is 50.3. The van der Waals surface area contributed by atoms with Crippen molar-refractivity contribution < 1.29 is 72.9 Å². The second-order valence-electron chi connectivity index (χ2n) is 17.0. The number of amides is 10. The number of unbranched alkanes of at least 4 members (excludes halogenated alkanes) is 1. The average Bonchev–Trinajstić information content (AvgIpc) is 3.95. The van der Waals surface area contributed by atoms with Gasteiger partial charge in [0.2, 0.25) is 59.1 Å². The minimum absolute atomic E-state index is 0.0620. The second-order valence-corrected chi connectivity index (χ2v) is 17.0. The molecule has 8 atom stereocenters. The molecule has 27 nitrogen and oxygen atoms in total. The van der Waals surface area contributed by atoms with Crippen LogP contribution in [0.5, 0.6) is 0 Å². The first-order chi connectivity index (χ1) is 32.0. The van der Waals surface area contributed by atoms with Gasteiger partial charge in [0.15, 0.2) is 0 Å². The van der Waals surface area contributed by atoms with Crippen LogP contribution < -0.4 is 59.3 Å². The Morgan fingerprint density at radius 1 is 0.676 bits per heavy atom. The molecule has 0 unspecified atom stereocenters. The number of aliphatic carboxylic acids is 2. The van der Waals surface area contributed by atoms with Crippen LogP contribution in [0, 0.1) is 5.92 Å². The maximum atomic E-state index is 13.4. The van der Waals surface area contributed by atoms with Crippen LogP contribution in [0.4, 0.5) is 0 Å². The van der Waals surface area contributed by atoms with Crippen LogP contribution in [0.3, 0.4) is 0 Å². The molecule has 16 N–H and O–H groups in total. The first kappa shape index (κ1) is 57.6. The van der Waals surface area contributed by atoms with Gasteiger partial charge in [-0.1, -0.05) is 13.8 Å². The third kappa shape index (κ3) is 21.0. The normalized spacial score (nSPS) is 18.7. The van der Waals surface area contributed by atoms with E-state index in [-0.39, 0.29) is 51.1 Å². The number of hydrogen-bond donors (Lipinski definition) is 14. The minimum Gasteiger partial charge on any atom is -0.481 e. The molecule has 0 radical (unpaired) electrons. The molecule has 10 amide bonds. The molecule has 2 saturated heterocycles. The molecule has 382 valence electrons. The first-order valence-electron chi connectivity index (χ1n) is 22.5. The van der Waals surface area contributed by atoms with Crippen LogP contribution in [0.25, 0.3) is 0 Å². The fourth-order valence-corrected chi connectivity index (χ4v) is 7.21. The number of aliphatic hydroxyl groups is 1. The Morgan fingerprint density at radius 2 is 1.28 bits per heavy atom. The molecule has 2 heterocycles. The van der Waals surface area contributed by atoms with Crippen molar-refractivity contribution in [3.05, 3.63) is 0 Å². The van der Waals surface area contributed by atoms with Gasteiger partial charge in [0.05, 0.1) is 31.8 Å². The van der Waals surface area contributed by atoms with Gasteiger partial charge in [-0.2, -0.15) is 0 Å². The summed E-state index contributed by atoms with van der Waals surface area (Å²) < 4.78 is 0. The Labute approximate surface area is 392 Å². The maximum absolute atomic E-state index is 13.4. The lowest BCUT2D eigenvalue weighted by molar-refractivity contribution is -0.144. The summed E-state index contributed by atoms with van der Waals surface area (Å²) in [7, 11) is 0. The number of hydrogen-bond acceptors (Lipinski definition) is 15. The molecule has 0 aromatic carbocycles. The van der Waals surface area contributed by atoms with Crippen molar-refractivity contribution in [2.45, 2.75) is 140 Å². The smallest absolute Gasteiger partial charge is 0.326 e. The lowest BCUT2D eigenvalue weighted by Crippen LogP contribution is -2.57. The number of rotatable bonds is 30. The van der Waals surface area contributed by atoms with E-state index in [1.807, 2.05) is 0 Å². The topological polar surface area (TPSA) is 429 Å². The lowest BCUT2D eigenvalue weighted by Gasteiger charge is -2.26. The first-order valence-corrected chi connectivity index (χ1v) is 22.5. The van der Waals surface area contributed by atoms with E-state index in [2.05, 4.69) is 47.9 Å². The van der Waals surface area contributed by atoms with Crippen LogP contribution in [-0.4, -0.2) is 179 Å². The molecule has 0 bridgehead atoms. The summed E-state index contributed by atoms with van der Waals surface area (Å²) in [6.07, 6.45) is -0.497. The van der Waals surface area contributed by atoms with Crippen molar-refractivity contribution in [3.63, 3.8) is 0 Å². The van der Waals surface area contributed by atoms with Crippen molar-refractivity contribution in [1.82, 2.24) is 52.8 Å². The van der Waals surface area contributed by atoms with Crippen molar-refractivity contribution >= 4 is 71.0 Å². The molecule has 68 heavy (non-hydrogen) atoms. The molecule has 0 spiro atoms. The summed E-state index contributed by atoms with van der Waals surface area (Å²) in [5.41, 5.74) is 10.7. The van der Waals surface area contributed by atoms with Gasteiger partial charge in [-0.15, -0.1) is 0 Å². The molecule has 0 aliphatic carbocycles. The Balaban J connectivity index is 2.00. The number of aliphatic hydroxyl groups excluding tert-OH is 1. The highest BCUT2D eigenvalue weighted by molar-refractivity contribution is 5.97. The monoisotopic (exact) mass is 968 g/mol. The number of carboxylic acid groups (broad SMARTS) is 2. The summed E-state index contributed by atoms with van der Waals surface area (Å²) in [6.45, 7) is 3.62. The zero-order valence-corrected chi connectivity index (χ0v) is 38.6. The van der Waals surface area contributed by atoms with E-state index >= 15 is 0 Å². The molecule has 2 aliphatic rings. The fourth-order valence-electron chi connectivity index (χ4n) is 7.21. The largest absolute Gasteiger partial charge is 0.481 e. The molecule has 2 rings (SSSR count). The molecular weight excluding hydrogens is 901 g/mol. The number of nitrogens with one attached hydrogen (secondary N) is 9. The highest BCUT2D eigenvalue weighted by Gasteiger charge is 2.36. The Bertz CT molecular complexity index is 1830. The standard InChI is InChI=1S/C41H68N12O15/c1-21(2)15-28(39(65)48-22(3)35(61)47-20-33(58)53-14-6-8-29(53)40(66)52-26(41(67)68)7-4-5-13-42)50-32(57)19-45-36(62)24(10-12-34(59)60)51-38(64)25(9-11-30(43)55)49-31(56)18-46-37(63)27-16-23(54)17-44-27/h21-29,44,54H,4-20,42H2,1-3H3,(H2,43,55)(H,45,62)(H,46,63)(H,47,61)(H,48,65)(H,49,56)(H,50,57)(H,51,64)(H,52,66)(H,59,60)(H,67,68)/t22-,23+,24-,25-,26-,27-,28-,29-/m0/s1. The summed E-state index contributed by atoms with van der Waals surface area (Å²) in [6, 6.07) is -8.43. The van der Waals surface area contributed by atoms with E-state index in [1.54, 1.807) is 13.8 Å². The van der Waals surface area contributed by atoms with E-state index in [1.165, 1.54) is 11.8 Å². The number of primary amides is 1. The summed E-state index contributed by atoms with van der Waals surface area (Å²) in [4.78, 5) is 153. The minimum atomic E-state index is -1.59. The molecule has 2 fully saturated rings. The number of likely N-dealkylation sites (tertiary alicyclic amines) is 1. The van der Waals surface area contributed by atoms with E-state index in [9.17, 15) is 72.9 Å². The second kappa shape index (κ2) is 29.3. The number of carbonyl (C=O) groups is 12. The number of nitrogens with zero attached hydrogens (tertiary/aromatic N) is 1. The van der Waals surface area contributed by atoms with E-state index in [0.29, 0.717) is 25.8 Å². The van der Waals surface area contributed by atoms with E-state index in [4.69, 9.17) is 11.5 Å². The fraction of sp³-hybridized carbons (Fsp3) is 0.707. The third-order valence-corrected chi connectivity index (χ3v) is 10.8. The number of β-amino-alcohol motifs (C(OH)–C–C–N with tert-alkyl or cyclic N) is 1. The molecule has 0 aromatic heterocycles. The van der Waals surface area contributed by atoms with E-state index < -0.39 is 158 Å². The maximum Gasteiger partial charge on any atom is 0.326 e. The zero-order valence-electron chi connectivity index (χ0n) is 38.6. The van der Waals surface area contributed by atoms with Crippen LogP contribution in [0.15, 0.2) is 0 Å². The predicted molar refractivity (Wildman–Crippen MR) is 237 cm³/mol. The van der Waals surface area contributed by atoms with Crippen molar-refractivity contribution in [2.24, 2.45) is 17.4 Å². The SMILES string of the molecule is CC(C)C[C@H](NC(=O)CNC(=O)[C@H](CCC(=O)O)NC(=O)[C@H](CCC(N)=O)NC(=O)CNC(=O)[C@@H]1C[C@@H](O)CN1)C(=O)N[C@@H](C)C(=O)NCC(=O)N1CCC[C@H]1C(=O)N[C@@H](CCCCN)C(=O)O. The molecule has 27 heteroatoms. The van der Waals surface area contributed by atoms with E-state index in [0.717, 1.165) is 0 Å². The molecular formula is C41H68N12O15. The number of carboxylic acids is 2. The summed E-state index contributed by atoms with van der Waals surface area (Å²) in [5.74, 6) is -10.8. The van der Waals surface area contributed by atoms with Gasteiger partial charge >= 0.3 is 11.9 Å². The Morgan fingerprint density at radius 3 is 1.87 bits per heavy atom. The van der Waals surface area contributed by atoms with Crippen LogP contribution in [0.1, 0.15) is 91.4 Å². The van der Waals surface area contributed by atoms with Crippen molar-refractivity contribution in [3.8, 4) is 0 Å². The van der Waals surface area contributed by atoms with Gasteiger partial charge in [-0.05, 0) is 77.2 Å². The Hall–Kier alpha value is -6.48. The van der Waals surface area contributed by atoms with Gasteiger partial charge in [-0.25, -0.2) is 4.79 Å². The number of carbonyl (C=O) groups excluding carboxylic acids is 10. The molecule has 2 aliphatic heterocycles. The van der Waals surface area contributed by atoms with Gasteiger partial charge in [0.1, 0.15) is 36.3 Å². The highest BCUT2D eigenvalue weighted by Crippen LogP contribution is 2.18. The molecule has 0 saturated carbocycles. The van der Waals surface area contributed by atoms with Crippen LogP contribution in [-0.2, 0) is 57.5 Å². The Kier molecular flexibility index (Phi) is 24.9. The average molecular weight is 969 g/mol. The van der Waals surface area contributed by atoms with Gasteiger partial charge < -0.3 is 79.5 Å². The van der Waals surface area contributed by atoms with Crippen LogP contribution in [0.2, 0.25) is 0 Å². The van der Waals surface area contributed by atoms with Crippen molar-refractivity contribution in [2.75, 3.05) is 39.3 Å². The third-order valence-electron chi connectivity index (χ3n) is 10.8. The van der Waals surface area contributed by atoms with Gasteiger partial charge in [0.25, 0.3) is 0 Å². The number of nitrogens with two attached hydrogens (primary N) is 2. The van der Waals surface area contributed by atoms with Crippen molar-refractivity contribution in [1.29, 1.82) is 0 Å². The zero-order chi connectivity index (χ0) is 51.1. The summed E-state index contributed by atoms with van der Waals surface area (Å²) >= 11 is 0. The lowest BCUT2D eigenvalue weighted by atomic mass is 10.0. The van der Waals surface area contributed by atoms with Gasteiger partial charge in [0, 0.05) is 25.9 Å². The highest BCUT2D eigenvalue weighted by atomic mass is 16.4. The quantitative estimate of drug-likeness (QED) is 0.0298.